The first kappa shape index (κ1) is 15.5. The number of oxazole rings is 1. The fourth-order valence-corrected chi connectivity index (χ4v) is 2.52. The molecular weight excluding hydrogens is 264 g/mol. The van der Waals surface area contributed by atoms with E-state index in [0.29, 0.717) is 17.0 Å². The van der Waals surface area contributed by atoms with Crippen LogP contribution in [0.2, 0.25) is 0 Å². The van der Waals surface area contributed by atoms with Crippen LogP contribution in [0.5, 0.6) is 0 Å². The molecule has 0 aliphatic rings. The van der Waals surface area contributed by atoms with Gasteiger partial charge in [-0.3, -0.25) is 4.79 Å². The van der Waals surface area contributed by atoms with Crippen molar-refractivity contribution in [1.29, 1.82) is 0 Å². The number of hydrogen-bond donors (Lipinski definition) is 1. The summed E-state index contributed by atoms with van der Waals surface area (Å²) in [6, 6.07) is 5.70. The highest BCUT2D eigenvalue weighted by molar-refractivity contribution is 5.97. The Morgan fingerprint density at radius 2 is 1.95 bits per heavy atom. The van der Waals surface area contributed by atoms with Crippen molar-refractivity contribution in [3.05, 3.63) is 29.7 Å². The SMILES string of the molecule is CCCC(CCC)NC(=O)c1ccc2nc(CC)oc2c1. The Morgan fingerprint density at radius 1 is 1.24 bits per heavy atom. The van der Waals surface area contributed by atoms with E-state index >= 15 is 0 Å². The first-order valence-corrected chi connectivity index (χ1v) is 7.88. The van der Waals surface area contributed by atoms with E-state index < -0.39 is 0 Å². The number of fused-ring (bicyclic) bond motifs is 1. The van der Waals surface area contributed by atoms with Gasteiger partial charge in [-0.25, -0.2) is 4.98 Å². The maximum atomic E-state index is 12.4. The predicted octanol–water partition coefficient (Wildman–Crippen LogP) is 4.09. The Balaban J connectivity index is 2.14. The van der Waals surface area contributed by atoms with Gasteiger partial charge in [0.05, 0.1) is 0 Å². The monoisotopic (exact) mass is 288 g/mol. The van der Waals surface area contributed by atoms with Gasteiger partial charge in [-0.15, -0.1) is 0 Å². The Morgan fingerprint density at radius 3 is 2.57 bits per heavy atom. The van der Waals surface area contributed by atoms with E-state index in [9.17, 15) is 4.79 Å². The molecule has 0 bridgehead atoms. The zero-order valence-corrected chi connectivity index (χ0v) is 13.1. The minimum atomic E-state index is -0.0294. The maximum Gasteiger partial charge on any atom is 0.251 e. The third-order valence-corrected chi connectivity index (χ3v) is 3.61. The lowest BCUT2D eigenvalue weighted by molar-refractivity contribution is 0.0932. The van der Waals surface area contributed by atoms with Crippen LogP contribution in [0.3, 0.4) is 0 Å². The number of nitrogens with one attached hydrogen (secondary N) is 1. The Kier molecular flexibility index (Phi) is 5.37. The molecule has 1 heterocycles. The summed E-state index contributed by atoms with van der Waals surface area (Å²) in [5.74, 6) is 0.677. The highest BCUT2D eigenvalue weighted by Crippen LogP contribution is 2.18. The molecule has 21 heavy (non-hydrogen) atoms. The molecule has 0 radical (unpaired) electrons. The summed E-state index contributed by atoms with van der Waals surface area (Å²) in [5, 5.41) is 3.12. The highest BCUT2D eigenvalue weighted by Gasteiger charge is 2.14. The van der Waals surface area contributed by atoms with Gasteiger partial charge in [0.1, 0.15) is 5.52 Å². The summed E-state index contributed by atoms with van der Waals surface area (Å²) >= 11 is 0. The van der Waals surface area contributed by atoms with E-state index in [1.807, 2.05) is 19.1 Å². The van der Waals surface area contributed by atoms with Crippen LogP contribution in [0.1, 0.15) is 62.7 Å². The second-order valence-electron chi connectivity index (χ2n) is 5.39. The van der Waals surface area contributed by atoms with Crippen molar-refractivity contribution in [2.75, 3.05) is 0 Å². The Hall–Kier alpha value is -1.84. The molecule has 0 aliphatic carbocycles. The van der Waals surface area contributed by atoms with Crippen LogP contribution in [0.25, 0.3) is 11.1 Å². The fourth-order valence-electron chi connectivity index (χ4n) is 2.52. The van der Waals surface area contributed by atoms with Crippen molar-refractivity contribution >= 4 is 17.0 Å². The van der Waals surface area contributed by atoms with Crippen molar-refractivity contribution in [2.45, 2.75) is 58.9 Å². The number of amides is 1. The summed E-state index contributed by atoms with van der Waals surface area (Å²) in [5.41, 5.74) is 2.13. The molecule has 0 saturated heterocycles. The van der Waals surface area contributed by atoms with Gasteiger partial charge < -0.3 is 9.73 Å². The molecule has 1 N–H and O–H groups in total. The predicted molar refractivity (Wildman–Crippen MR) is 84.5 cm³/mol. The maximum absolute atomic E-state index is 12.4. The van der Waals surface area contributed by atoms with Gasteiger partial charge in [0.25, 0.3) is 5.91 Å². The van der Waals surface area contributed by atoms with E-state index in [-0.39, 0.29) is 11.9 Å². The van der Waals surface area contributed by atoms with Crippen LogP contribution in [-0.4, -0.2) is 16.9 Å². The summed E-state index contributed by atoms with van der Waals surface area (Å²) in [4.78, 5) is 16.7. The largest absolute Gasteiger partial charge is 0.441 e. The first-order valence-electron chi connectivity index (χ1n) is 7.88. The third kappa shape index (κ3) is 3.84. The van der Waals surface area contributed by atoms with E-state index in [2.05, 4.69) is 24.1 Å². The fraction of sp³-hybridized carbons (Fsp3) is 0.529. The molecule has 0 fully saturated rings. The van der Waals surface area contributed by atoms with Gasteiger partial charge in [-0.1, -0.05) is 33.6 Å². The molecule has 1 aromatic heterocycles. The molecule has 4 nitrogen and oxygen atoms in total. The lowest BCUT2D eigenvalue weighted by atomic mass is 10.1. The van der Waals surface area contributed by atoms with E-state index in [1.54, 1.807) is 6.07 Å². The molecule has 4 heteroatoms. The van der Waals surface area contributed by atoms with Gasteiger partial charge >= 0.3 is 0 Å². The smallest absolute Gasteiger partial charge is 0.251 e. The topological polar surface area (TPSA) is 55.1 Å². The molecule has 114 valence electrons. The molecule has 1 aromatic carbocycles. The van der Waals surface area contributed by atoms with E-state index in [4.69, 9.17) is 4.42 Å². The van der Waals surface area contributed by atoms with Crippen LogP contribution < -0.4 is 5.32 Å². The highest BCUT2D eigenvalue weighted by atomic mass is 16.3. The van der Waals surface area contributed by atoms with Crippen molar-refractivity contribution in [3.8, 4) is 0 Å². The minimum Gasteiger partial charge on any atom is -0.441 e. The Bertz CT molecular complexity index is 598. The van der Waals surface area contributed by atoms with Gasteiger partial charge in [0.2, 0.25) is 0 Å². The molecule has 0 atom stereocenters. The van der Waals surface area contributed by atoms with Crippen LogP contribution in [-0.2, 0) is 6.42 Å². The molecule has 0 aliphatic heterocycles. The van der Waals surface area contributed by atoms with Gasteiger partial charge in [0.15, 0.2) is 11.5 Å². The first-order chi connectivity index (χ1) is 10.2. The standard InChI is InChI=1S/C17H24N2O2/c1-4-7-13(8-5-2)18-17(20)12-9-10-14-15(11-12)21-16(6-3)19-14/h9-11,13H,4-8H2,1-3H3,(H,18,20). The third-order valence-electron chi connectivity index (χ3n) is 3.61. The zero-order chi connectivity index (χ0) is 15.2. The quantitative estimate of drug-likeness (QED) is 0.835. The number of hydrogen-bond acceptors (Lipinski definition) is 3. The number of carbonyl (C=O) groups excluding carboxylic acids is 1. The van der Waals surface area contributed by atoms with Crippen molar-refractivity contribution in [3.63, 3.8) is 0 Å². The summed E-state index contributed by atoms with van der Waals surface area (Å²) < 4.78 is 5.62. The average molecular weight is 288 g/mol. The van der Waals surface area contributed by atoms with Crippen LogP contribution >= 0.6 is 0 Å². The van der Waals surface area contributed by atoms with E-state index in [1.165, 1.54) is 0 Å². The van der Waals surface area contributed by atoms with E-state index in [0.717, 1.165) is 37.6 Å². The normalized spacial score (nSPS) is 11.2. The molecule has 2 rings (SSSR count). The Labute approximate surface area is 125 Å². The van der Waals surface area contributed by atoms with Crippen molar-refractivity contribution in [2.24, 2.45) is 0 Å². The molecule has 0 spiro atoms. The van der Waals surface area contributed by atoms with Gasteiger partial charge in [-0.2, -0.15) is 0 Å². The molecule has 2 aromatic rings. The molecular formula is C17H24N2O2. The summed E-state index contributed by atoms with van der Waals surface area (Å²) in [6.07, 6.45) is 4.94. The average Bonchev–Trinajstić information content (AvgIpc) is 2.89. The molecule has 0 unspecified atom stereocenters. The van der Waals surface area contributed by atoms with Crippen LogP contribution in [0, 0.1) is 0 Å². The number of nitrogens with zero attached hydrogens (tertiary/aromatic N) is 1. The second-order valence-corrected chi connectivity index (χ2v) is 5.39. The lowest BCUT2D eigenvalue weighted by Gasteiger charge is -2.17. The summed E-state index contributed by atoms with van der Waals surface area (Å²) in [6.45, 7) is 6.28. The number of aromatic nitrogens is 1. The van der Waals surface area contributed by atoms with Crippen LogP contribution in [0.4, 0.5) is 0 Å². The number of rotatable bonds is 7. The van der Waals surface area contributed by atoms with Crippen LogP contribution in [0.15, 0.2) is 22.6 Å². The molecule has 1 amide bonds. The molecule has 0 saturated carbocycles. The number of carbonyl (C=O) groups is 1. The van der Waals surface area contributed by atoms with Crippen molar-refractivity contribution < 1.29 is 9.21 Å². The number of aryl methyl sites for hydroxylation is 1. The minimum absolute atomic E-state index is 0.0294. The van der Waals surface area contributed by atoms with Gasteiger partial charge in [0, 0.05) is 18.0 Å². The summed E-state index contributed by atoms with van der Waals surface area (Å²) in [7, 11) is 0. The van der Waals surface area contributed by atoms with Gasteiger partial charge in [-0.05, 0) is 31.0 Å². The zero-order valence-electron chi connectivity index (χ0n) is 13.1. The lowest BCUT2D eigenvalue weighted by Crippen LogP contribution is -2.34. The van der Waals surface area contributed by atoms with Crippen molar-refractivity contribution in [1.82, 2.24) is 10.3 Å². The second kappa shape index (κ2) is 7.25. The number of benzene rings is 1.